The molecule has 18 heavy (non-hydrogen) atoms. The van der Waals surface area contributed by atoms with Gasteiger partial charge in [-0.15, -0.1) is 0 Å². The van der Waals surface area contributed by atoms with E-state index in [2.05, 4.69) is 21.2 Å². The van der Waals surface area contributed by atoms with Gasteiger partial charge in [-0.3, -0.25) is 9.88 Å². The molecule has 0 bridgehead atoms. The lowest BCUT2D eigenvalue weighted by molar-refractivity contribution is 0.0526. The maximum absolute atomic E-state index is 12.3. The molecule has 0 heterocycles. The number of carbonyl (C=O) groups excluding carboxylic acids is 1. The van der Waals surface area contributed by atoms with Crippen LogP contribution >= 0.6 is 23.5 Å². The number of nitrogens with one attached hydrogen (secondary N) is 1. The molecular formula is C10H21BrNO5P. The van der Waals surface area contributed by atoms with Crippen molar-refractivity contribution in [1.82, 2.24) is 5.32 Å². The van der Waals surface area contributed by atoms with Gasteiger partial charge in [-0.1, -0.05) is 15.9 Å². The summed E-state index contributed by atoms with van der Waals surface area (Å²) in [5, 5.41) is 2.39. The van der Waals surface area contributed by atoms with Crippen molar-refractivity contribution < 1.29 is 23.1 Å². The fourth-order valence-electron chi connectivity index (χ4n) is 1.01. The summed E-state index contributed by atoms with van der Waals surface area (Å²) in [5.74, 6) is 0. The van der Waals surface area contributed by atoms with Crippen molar-refractivity contribution in [2.24, 2.45) is 0 Å². The molecule has 0 saturated carbocycles. The van der Waals surface area contributed by atoms with E-state index in [1.165, 1.54) is 0 Å². The van der Waals surface area contributed by atoms with Crippen LogP contribution < -0.4 is 5.32 Å². The Hall–Kier alpha value is -0.100. The van der Waals surface area contributed by atoms with E-state index in [1.807, 2.05) is 0 Å². The van der Waals surface area contributed by atoms with E-state index in [0.29, 0.717) is 0 Å². The van der Waals surface area contributed by atoms with Gasteiger partial charge in [0.25, 0.3) is 0 Å². The van der Waals surface area contributed by atoms with Crippen LogP contribution in [0.15, 0.2) is 0 Å². The van der Waals surface area contributed by atoms with Crippen molar-refractivity contribution in [1.29, 1.82) is 0 Å². The van der Waals surface area contributed by atoms with Gasteiger partial charge in [0.1, 0.15) is 5.60 Å². The van der Waals surface area contributed by atoms with Crippen LogP contribution in [-0.4, -0.2) is 29.6 Å². The average Bonchev–Trinajstić information content (AvgIpc) is 2.14. The van der Waals surface area contributed by atoms with Crippen LogP contribution in [0.25, 0.3) is 0 Å². The van der Waals surface area contributed by atoms with Gasteiger partial charge in [-0.25, -0.2) is 4.79 Å². The molecule has 0 fully saturated rings. The number of amides is 1. The van der Waals surface area contributed by atoms with Gasteiger partial charge in [0, 0.05) is 0 Å². The first kappa shape index (κ1) is 17.9. The number of hydrogen-bond donors (Lipinski definition) is 1. The highest BCUT2D eigenvalue weighted by Gasteiger charge is 2.35. The molecule has 0 aliphatic rings. The zero-order chi connectivity index (χ0) is 14.4. The lowest BCUT2D eigenvalue weighted by Gasteiger charge is -2.25. The SMILES string of the molecule is CCOP(=O)(OCC)C(Br)NC(=O)OC(C)(C)C. The molecule has 6 nitrogen and oxygen atoms in total. The summed E-state index contributed by atoms with van der Waals surface area (Å²) in [6.45, 7) is 9.03. The van der Waals surface area contributed by atoms with Gasteiger partial charge in [0.2, 0.25) is 0 Å². The molecule has 0 aromatic rings. The van der Waals surface area contributed by atoms with E-state index in [1.54, 1.807) is 34.6 Å². The summed E-state index contributed by atoms with van der Waals surface area (Å²) < 4.78 is 26.5. The van der Waals surface area contributed by atoms with E-state index >= 15 is 0 Å². The summed E-state index contributed by atoms with van der Waals surface area (Å²) in [6, 6.07) is 0. The van der Waals surface area contributed by atoms with Crippen LogP contribution in [0, 0.1) is 0 Å². The Morgan fingerprint density at radius 2 is 1.72 bits per heavy atom. The molecule has 0 aromatic carbocycles. The van der Waals surface area contributed by atoms with Crippen molar-refractivity contribution >= 4 is 29.6 Å². The second kappa shape index (κ2) is 7.48. The minimum Gasteiger partial charge on any atom is -0.444 e. The summed E-state index contributed by atoms with van der Waals surface area (Å²) in [5.41, 5.74) is -0.627. The molecule has 8 heteroatoms. The Bertz CT molecular complexity index is 308. The number of alkyl carbamates (subject to hydrolysis) is 1. The highest BCUT2D eigenvalue weighted by Crippen LogP contribution is 2.54. The number of ether oxygens (including phenoxy) is 1. The molecule has 1 amide bonds. The molecule has 0 aliphatic heterocycles. The van der Waals surface area contributed by atoms with E-state index in [0.717, 1.165) is 0 Å². The van der Waals surface area contributed by atoms with E-state index < -0.39 is 24.0 Å². The lowest BCUT2D eigenvalue weighted by Crippen LogP contribution is -2.36. The third kappa shape index (κ3) is 6.73. The second-order valence-electron chi connectivity index (χ2n) is 4.36. The maximum Gasteiger partial charge on any atom is 0.409 e. The summed E-state index contributed by atoms with van der Waals surface area (Å²) >= 11 is 3.09. The standard InChI is InChI=1S/C10H21BrNO5P/c1-6-15-18(14,16-7-2)8(11)12-9(13)17-10(3,4)5/h8H,6-7H2,1-5H3,(H,12,13). The molecule has 0 aliphatic carbocycles. The summed E-state index contributed by atoms with van der Waals surface area (Å²) in [4.78, 5) is 11.5. The number of halogens is 1. The minimum absolute atomic E-state index is 0.218. The van der Waals surface area contributed by atoms with Gasteiger partial charge in [-0.05, 0) is 34.6 Å². The van der Waals surface area contributed by atoms with Crippen molar-refractivity contribution in [2.45, 2.75) is 44.9 Å². The lowest BCUT2D eigenvalue weighted by atomic mass is 10.2. The zero-order valence-corrected chi connectivity index (χ0v) is 13.8. The Morgan fingerprint density at radius 1 is 1.28 bits per heavy atom. The number of alkyl halides is 1. The molecule has 0 saturated heterocycles. The molecule has 1 N–H and O–H groups in total. The highest BCUT2D eigenvalue weighted by atomic mass is 79.9. The molecule has 0 spiro atoms. The fourth-order valence-corrected chi connectivity index (χ4v) is 3.23. The molecule has 0 rings (SSSR count). The Kier molecular flexibility index (Phi) is 7.44. The van der Waals surface area contributed by atoms with Crippen molar-refractivity contribution in [3.63, 3.8) is 0 Å². The van der Waals surface area contributed by atoms with Crippen LogP contribution in [-0.2, 0) is 18.3 Å². The first-order valence-electron chi connectivity index (χ1n) is 5.67. The molecular weight excluding hydrogens is 325 g/mol. The average molecular weight is 346 g/mol. The molecule has 0 aromatic heterocycles. The smallest absolute Gasteiger partial charge is 0.409 e. The van der Waals surface area contributed by atoms with Crippen molar-refractivity contribution in [2.75, 3.05) is 13.2 Å². The number of carbonyl (C=O) groups is 1. The van der Waals surface area contributed by atoms with Crippen molar-refractivity contribution in [3.8, 4) is 0 Å². The van der Waals surface area contributed by atoms with Gasteiger partial charge in [-0.2, -0.15) is 0 Å². The molecule has 1 unspecified atom stereocenters. The zero-order valence-electron chi connectivity index (χ0n) is 11.4. The Balaban J connectivity index is 4.56. The highest BCUT2D eigenvalue weighted by molar-refractivity contribution is 9.10. The van der Waals surface area contributed by atoms with Gasteiger partial charge in [0.15, 0.2) is 4.69 Å². The Morgan fingerprint density at radius 3 is 2.06 bits per heavy atom. The van der Waals surface area contributed by atoms with E-state index in [4.69, 9.17) is 13.8 Å². The maximum atomic E-state index is 12.3. The van der Waals surface area contributed by atoms with Crippen LogP contribution in [0.4, 0.5) is 4.79 Å². The van der Waals surface area contributed by atoms with Crippen LogP contribution in [0.2, 0.25) is 0 Å². The van der Waals surface area contributed by atoms with E-state index in [9.17, 15) is 9.36 Å². The first-order chi connectivity index (χ1) is 8.14. The molecule has 1 atom stereocenters. The predicted octanol–water partition coefficient (Wildman–Crippen LogP) is 3.46. The monoisotopic (exact) mass is 345 g/mol. The number of hydrogen-bond acceptors (Lipinski definition) is 5. The van der Waals surface area contributed by atoms with Gasteiger partial charge < -0.3 is 13.8 Å². The third-order valence-corrected chi connectivity index (χ3v) is 5.19. The van der Waals surface area contributed by atoms with Crippen molar-refractivity contribution in [3.05, 3.63) is 0 Å². The van der Waals surface area contributed by atoms with Crippen LogP contribution in [0.3, 0.4) is 0 Å². The van der Waals surface area contributed by atoms with E-state index in [-0.39, 0.29) is 13.2 Å². The molecule has 0 radical (unpaired) electrons. The van der Waals surface area contributed by atoms with Gasteiger partial charge >= 0.3 is 13.7 Å². The third-order valence-electron chi connectivity index (χ3n) is 1.53. The fraction of sp³-hybridized carbons (Fsp3) is 0.900. The minimum atomic E-state index is -3.43. The summed E-state index contributed by atoms with van der Waals surface area (Å²) in [7, 11) is -3.43. The molecule has 108 valence electrons. The normalized spacial score (nSPS) is 14.1. The first-order valence-corrected chi connectivity index (χ1v) is 8.19. The van der Waals surface area contributed by atoms with Crippen LogP contribution in [0.5, 0.6) is 0 Å². The topological polar surface area (TPSA) is 73.9 Å². The summed E-state index contributed by atoms with van der Waals surface area (Å²) in [6.07, 6.45) is -0.691. The second-order valence-corrected chi connectivity index (χ2v) is 8.09. The Labute approximate surface area is 116 Å². The number of rotatable bonds is 6. The van der Waals surface area contributed by atoms with Crippen LogP contribution in [0.1, 0.15) is 34.6 Å². The van der Waals surface area contributed by atoms with Gasteiger partial charge in [0.05, 0.1) is 13.2 Å². The predicted molar refractivity (Wildman–Crippen MR) is 72.9 cm³/mol. The largest absolute Gasteiger partial charge is 0.444 e. The quantitative estimate of drug-likeness (QED) is 0.453.